The fourth-order valence-electron chi connectivity index (χ4n) is 12.0. The van der Waals surface area contributed by atoms with E-state index in [-0.39, 0.29) is 106 Å². The standard InChI is InChI=1S/C70H30F30N2/c71-61(72,73)41-13-37(14-42(27-41)62(74,75)76)33-1-7-49-50-8-2-34(38-15-43(63(77,78)79)28-44(16-38)64(80,81)82)22-56(50)101(55(49)21-33)59-25-31(5-11-53(59)69(95,96)97)32-6-12-54(70(98,99)100)60(26-32)102-57-23-35(39-17-45(65(83,84)85)29-46(18-39)66(86,87)88)3-9-51(57)52-10-4-36(24-58(52)102)40-19-47(67(89,90)91)30-48(20-40)68(92,93)94/h1-30H. The van der Waals surface area contributed by atoms with Gasteiger partial charge in [-0.25, -0.2) is 0 Å². The molecule has 2 nitrogen and oxygen atoms in total. The minimum atomic E-state index is -5.62. The van der Waals surface area contributed by atoms with Crippen LogP contribution in [0.2, 0.25) is 0 Å². The molecule has 12 aromatic rings. The summed E-state index contributed by atoms with van der Waals surface area (Å²) in [6, 6.07) is 14.2. The minimum Gasteiger partial charge on any atom is -0.309 e. The lowest BCUT2D eigenvalue weighted by atomic mass is 9.97. The van der Waals surface area contributed by atoms with Crippen LogP contribution in [0, 0.1) is 0 Å². The summed E-state index contributed by atoms with van der Waals surface area (Å²) in [6.07, 6.45) is -55.2. The Morgan fingerprint density at radius 3 is 0.490 bits per heavy atom. The average Bonchev–Trinajstić information content (AvgIpc) is 1.56. The van der Waals surface area contributed by atoms with Crippen molar-refractivity contribution >= 4 is 43.6 Å². The highest BCUT2D eigenvalue weighted by Gasteiger charge is 2.43. The summed E-state index contributed by atoms with van der Waals surface area (Å²) in [7, 11) is 0. The molecule has 12 rings (SSSR count). The number of alkyl halides is 30. The predicted molar refractivity (Wildman–Crippen MR) is 312 cm³/mol. The zero-order chi connectivity index (χ0) is 74.7. The van der Waals surface area contributed by atoms with E-state index < -0.39 is 206 Å². The summed E-state index contributed by atoms with van der Waals surface area (Å²) in [5.74, 6) is 0. The molecule has 2 aromatic heterocycles. The van der Waals surface area contributed by atoms with E-state index in [2.05, 4.69) is 0 Å². The second kappa shape index (κ2) is 23.6. The van der Waals surface area contributed by atoms with Gasteiger partial charge in [0.25, 0.3) is 0 Å². The molecule has 10 aromatic carbocycles. The Kier molecular flexibility index (Phi) is 16.6. The van der Waals surface area contributed by atoms with E-state index in [0.29, 0.717) is 33.4 Å². The first-order chi connectivity index (χ1) is 46.8. The fraction of sp³-hybridized carbons (Fsp3) is 0.143. The zero-order valence-electron chi connectivity index (χ0n) is 49.6. The van der Waals surface area contributed by atoms with E-state index in [9.17, 15) is 105 Å². The van der Waals surface area contributed by atoms with Crippen molar-refractivity contribution in [3.05, 3.63) is 238 Å². The van der Waals surface area contributed by atoms with Crippen LogP contribution in [0.1, 0.15) is 55.6 Å². The molecule has 0 radical (unpaired) electrons. The molecule has 0 saturated carbocycles. The largest absolute Gasteiger partial charge is 0.418 e. The predicted octanol–water partition coefficient (Wildman–Crippen LogP) is 26.4. The van der Waals surface area contributed by atoms with Crippen LogP contribution in [0.15, 0.2) is 182 Å². The summed E-state index contributed by atoms with van der Waals surface area (Å²) < 4.78 is 440. The van der Waals surface area contributed by atoms with Gasteiger partial charge in [0.15, 0.2) is 0 Å². The molecule has 0 bridgehead atoms. The molecule has 0 aliphatic heterocycles. The van der Waals surface area contributed by atoms with E-state index in [1.807, 2.05) is 0 Å². The number of halogens is 30. The molecule has 0 unspecified atom stereocenters. The first-order valence-corrected chi connectivity index (χ1v) is 28.6. The average molecular weight is 1470 g/mol. The first-order valence-electron chi connectivity index (χ1n) is 28.6. The normalized spacial score (nSPS) is 13.6. The van der Waals surface area contributed by atoms with Gasteiger partial charge in [-0.15, -0.1) is 0 Å². The number of benzene rings is 10. The monoisotopic (exact) mass is 1470 g/mol. The van der Waals surface area contributed by atoms with Gasteiger partial charge in [-0.1, -0.05) is 60.7 Å². The molecule has 0 N–H and O–H groups in total. The highest BCUT2D eigenvalue weighted by Crippen LogP contribution is 2.50. The maximum absolute atomic E-state index is 15.9. The van der Waals surface area contributed by atoms with Crippen molar-refractivity contribution in [1.29, 1.82) is 0 Å². The van der Waals surface area contributed by atoms with Gasteiger partial charge in [0.05, 0.1) is 89.1 Å². The topological polar surface area (TPSA) is 9.86 Å². The molecule has 102 heavy (non-hydrogen) atoms. The van der Waals surface area contributed by atoms with Crippen LogP contribution in [0.5, 0.6) is 0 Å². The van der Waals surface area contributed by atoms with Crippen molar-refractivity contribution in [2.75, 3.05) is 0 Å². The number of nitrogens with zero attached hydrogens (tertiary/aromatic N) is 2. The molecule has 0 amide bonds. The Hall–Kier alpha value is -10.3. The molecular formula is C70H30F30N2. The van der Waals surface area contributed by atoms with Crippen LogP contribution in [0.4, 0.5) is 132 Å². The molecule has 2 heterocycles. The van der Waals surface area contributed by atoms with E-state index in [0.717, 1.165) is 72.8 Å². The fourth-order valence-corrected chi connectivity index (χ4v) is 12.0. The maximum Gasteiger partial charge on any atom is 0.418 e. The third-order valence-corrected chi connectivity index (χ3v) is 16.6. The zero-order valence-corrected chi connectivity index (χ0v) is 49.6. The van der Waals surface area contributed by atoms with Gasteiger partial charge in [0, 0.05) is 21.5 Å². The Bertz CT molecular complexity index is 4630. The van der Waals surface area contributed by atoms with Gasteiger partial charge >= 0.3 is 61.8 Å². The molecule has 0 atom stereocenters. The van der Waals surface area contributed by atoms with Gasteiger partial charge in [-0.3, -0.25) is 0 Å². The van der Waals surface area contributed by atoms with Crippen molar-refractivity contribution in [3.8, 4) is 67.0 Å². The number of hydrogen-bond donors (Lipinski definition) is 0. The molecular weight excluding hydrogens is 1440 g/mol. The summed E-state index contributed by atoms with van der Waals surface area (Å²) >= 11 is 0. The van der Waals surface area contributed by atoms with Crippen molar-refractivity contribution < 1.29 is 132 Å². The van der Waals surface area contributed by atoms with Gasteiger partial charge in [-0.2, -0.15) is 132 Å². The van der Waals surface area contributed by atoms with E-state index in [1.54, 1.807) is 0 Å². The Morgan fingerprint density at radius 1 is 0.157 bits per heavy atom. The molecule has 530 valence electrons. The van der Waals surface area contributed by atoms with Crippen molar-refractivity contribution in [2.24, 2.45) is 0 Å². The van der Waals surface area contributed by atoms with Crippen LogP contribution in [-0.4, -0.2) is 9.13 Å². The molecule has 0 aliphatic rings. The highest BCUT2D eigenvalue weighted by molar-refractivity contribution is 6.13. The van der Waals surface area contributed by atoms with Crippen LogP contribution >= 0.6 is 0 Å². The third-order valence-electron chi connectivity index (χ3n) is 16.6. The molecule has 0 saturated heterocycles. The van der Waals surface area contributed by atoms with Gasteiger partial charge in [-0.05, 0) is 177 Å². The quantitative estimate of drug-likeness (QED) is 0.141. The van der Waals surface area contributed by atoms with Crippen LogP contribution in [-0.2, 0) is 61.8 Å². The Morgan fingerprint density at radius 2 is 0.324 bits per heavy atom. The SMILES string of the molecule is FC(F)(F)c1cc(-c2ccc3c4ccc(-c5cc(C(F)(F)F)cc(C(F)(F)F)c5)cc4n(-c4cc(-c5ccc(C(F)(F)F)c(-n6c7cc(-c8cc(C(F)(F)F)cc(C(F)(F)F)c8)ccc7c7ccc(-c8cc(C(F)(F)F)cc(C(F)(F)F)c8)cc76)c5)ccc4C(F)(F)F)c3c2)cc(C(F)(F)F)c1. The number of aromatic nitrogens is 2. The minimum absolute atomic E-state index is 0.222. The van der Waals surface area contributed by atoms with Crippen LogP contribution < -0.4 is 0 Å². The van der Waals surface area contributed by atoms with Crippen molar-refractivity contribution in [3.63, 3.8) is 0 Å². The van der Waals surface area contributed by atoms with E-state index >= 15 is 26.3 Å². The Labute approximate surface area is 549 Å². The lowest BCUT2D eigenvalue weighted by molar-refractivity contribution is -0.144. The second-order valence-electron chi connectivity index (χ2n) is 23.2. The molecule has 0 aliphatic carbocycles. The second-order valence-corrected chi connectivity index (χ2v) is 23.2. The number of rotatable bonds is 7. The number of fused-ring (bicyclic) bond motifs is 6. The van der Waals surface area contributed by atoms with Crippen LogP contribution in [0.25, 0.3) is 111 Å². The van der Waals surface area contributed by atoms with Gasteiger partial charge in [0.2, 0.25) is 0 Å². The third kappa shape index (κ3) is 13.6. The first kappa shape index (κ1) is 71.5. The highest BCUT2D eigenvalue weighted by atomic mass is 19.4. The van der Waals surface area contributed by atoms with Crippen molar-refractivity contribution in [1.82, 2.24) is 9.13 Å². The summed E-state index contributed by atoms with van der Waals surface area (Å²) in [6.45, 7) is 0. The summed E-state index contributed by atoms with van der Waals surface area (Å²) in [5, 5.41) is -1.10. The van der Waals surface area contributed by atoms with Gasteiger partial charge < -0.3 is 9.13 Å². The van der Waals surface area contributed by atoms with Crippen LogP contribution in [0.3, 0.4) is 0 Å². The number of hydrogen-bond acceptors (Lipinski definition) is 0. The lowest BCUT2D eigenvalue weighted by Gasteiger charge is -2.20. The molecule has 0 fully saturated rings. The van der Waals surface area contributed by atoms with Crippen molar-refractivity contribution in [2.45, 2.75) is 61.8 Å². The smallest absolute Gasteiger partial charge is 0.309 e. The molecule has 0 spiro atoms. The van der Waals surface area contributed by atoms with Gasteiger partial charge in [0.1, 0.15) is 0 Å². The summed E-state index contributed by atoms with van der Waals surface area (Å²) in [5.41, 5.74) is -30.9. The van der Waals surface area contributed by atoms with E-state index in [1.165, 1.54) is 0 Å². The molecule has 32 heteroatoms. The Balaban J connectivity index is 1.17. The lowest BCUT2D eigenvalue weighted by Crippen LogP contribution is -2.12. The van der Waals surface area contributed by atoms with E-state index in [4.69, 9.17) is 0 Å². The summed E-state index contributed by atoms with van der Waals surface area (Å²) in [4.78, 5) is 0. The maximum atomic E-state index is 15.9.